The van der Waals surface area contributed by atoms with Crippen LogP contribution in [0.2, 0.25) is 0 Å². The summed E-state index contributed by atoms with van der Waals surface area (Å²) >= 11 is 0. The van der Waals surface area contributed by atoms with Crippen LogP contribution in [0.25, 0.3) is 0 Å². The van der Waals surface area contributed by atoms with Crippen LogP contribution in [-0.4, -0.2) is 43.6 Å². The lowest BCUT2D eigenvalue weighted by atomic mass is 9.95. The van der Waals surface area contributed by atoms with Crippen LogP contribution < -0.4 is 5.32 Å². The second-order valence-corrected chi connectivity index (χ2v) is 7.75. The van der Waals surface area contributed by atoms with Crippen LogP contribution >= 0.6 is 0 Å². The lowest BCUT2D eigenvalue weighted by Gasteiger charge is -2.38. The first-order valence-electron chi connectivity index (χ1n) is 6.73. The lowest BCUT2D eigenvalue weighted by Crippen LogP contribution is -2.50. The monoisotopic (exact) mass is 260 g/mol. The molecule has 0 aromatic carbocycles. The molecular formula is C12H24N2O2S. The van der Waals surface area contributed by atoms with E-state index in [1.807, 2.05) is 6.92 Å². The van der Waals surface area contributed by atoms with E-state index < -0.39 is 10.0 Å². The molecular weight excluding hydrogens is 236 g/mol. The molecule has 0 amide bonds. The predicted molar refractivity (Wildman–Crippen MR) is 69.4 cm³/mol. The minimum absolute atomic E-state index is 0.153. The maximum atomic E-state index is 12.6. The predicted octanol–water partition coefficient (Wildman–Crippen LogP) is 1.19. The average molecular weight is 260 g/mol. The molecule has 2 saturated heterocycles. The quantitative estimate of drug-likeness (QED) is 0.811. The Bertz CT molecular complexity index is 350. The number of nitrogens with one attached hydrogen (secondary N) is 1. The van der Waals surface area contributed by atoms with E-state index in [-0.39, 0.29) is 11.3 Å². The van der Waals surface area contributed by atoms with Crippen LogP contribution in [0.15, 0.2) is 0 Å². The first-order chi connectivity index (χ1) is 8.01. The first-order valence-corrected chi connectivity index (χ1v) is 8.23. The summed E-state index contributed by atoms with van der Waals surface area (Å²) in [5, 5.41) is 3.07. The van der Waals surface area contributed by atoms with Gasteiger partial charge >= 0.3 is 0 Å². The largest absolute Gasteiger partial charge is 0.317 e. The van der Waals surface area contributed by atoms with Crippen LogP contribution in [0.4, 0.5) is 0 Å². The SMILES string of the molecule is CC1CCN(S(=O)(=O)C2CCNCC2)C(C)C1. The molecule has 4 nitrogen and oxygen atoms in total. The Morgan fingerprint density at radius 1 is 1.12 bits per heavy atom. The molecule has 100 valence electrons. The van der Waals surface area contributed by atoms with Gasteiger partial charge in [-0.3, -0.25) is 0 Å². The molecule has 2 aliphatic rings. The highest BCUT2D eigenvalue weighted by molar-refractivity contribution is 7.89. The maximum absolute atomic E-state index is 12.6. The molecule has 2 atom stereocenters. The Labute approximate surface area is 105 Å². The topological polar surface area (TPSA) is 49.4 Å². The van der Waals surface area contributed by atoms with Gasteiger partial charge in [-0.2, -0.15) is 4.31 Å². The number of rotatable bonds is 2. The highest BCUT2D eigenvalue weighted by Gasteiger charge is 2.37. The Kier molecular flexibility index (Phi) is 4.10. The zero-order chi connectivity index (χ0) is 12.5. The van der Waals surface area contributed by atoms with Gasteiger partial charge in [-0.15, -0.1) is 0 Å². The lowest BCUT2D eigenvalue weighted by molar-refractivity contribution is 0.216. The second kappa shape index (κ2) is 5.24. The first kappa shape index (κ1) is 13.3. The highest BCUT2D eigenvalue weighted by atomic mass is 32.2. The standard InChI is InChI=1S/C12H24N2O2S/c1-10-5-8-14(11(2)9-10)17(15,16)12-3-6-13-7-4-12/h10-13H,3-9H2,1-2H3. The summed E-state index contributed by atoms with van der Waals surface area (Å²) in [6, 6.07) is 0.179. The summed E-state index contributed by atoms with van der Waals surface area (Å²) < 4.78 is 26.9. The fourth-order valence-corrected chi connectivity index (χ4v) is 5.21. The van der Waals surface area contributed by atoms with E-state index >= 15 is 0 Å². The van der Waals surface area contributed by atoms with Crippen LogP contribution in [0.1, 0.15) is 39.5 Å². The number of hydrogen-bond acceptors (Lipinski definition) is 3. The van der Waals surface area contributed by atoms with Crippen molar-refractivity contribution in [1.82, 2.24) is 9.62 Å². The van der Waals surface area contributed by atoms with Crippen molar-refractivity contribution in [3.8, 4) is 0 Å². The average Bonchev–Trinajstić information content (AvgIpc) is 2.29. The van der Waals surface area contributed by atoms with Crippen molar-refractivity contribution < 1.29 is 8.42 Å². The molecule has 2 fully saturated rings. The number of nitrogens with zero attached hydrogens (tertiary/aromatic N) is 1. The molecule has 5 heteroatoms. The summed E-state index contributed by atoms with van der Waals surface area (Å²) in [5.41, 5.74) is 0. The van der Waals surface area contributed by atoms with Crippen molar-refractivity contribution in [3.05, 3.63) is 0 Å². The molecule has 2 aliphatic heterocycles. The molecule has 0 aliphatic carbocycles. The summed E-state index contributed by atoms with van der Waals surface area (Å²) in [5.74, 6) is 0.657. The van der Waals surface area contributed by atoms with Gasteiger partial charge in [-0.05, 0) is 51.6 Å². The van der Waals surface area contributed by atoms with Crippen molar-refractivity contribution in [3.63, 3.8) is 0 Å². The Hall–Kier alpha value is -0.130. The summed E-state index contributed by atoms with van der Waals surface area (Å²) in [6.45, 7) is 6.65. The minimum Gasteiger partial charge on any atom is -0.317 e. The van der Waals surface area contributed by atoms with Gasteiger partial charge in [0.1, 0.15) is 0 Å². The van der Waals surface area contributed by atoms with Crippen LogP contribution in [0.3, 0.4) is 0 Å². The minimum atomic E-state index is -3.06. The third kappa shape index (κ3) is 2.83. The molecule has 1 N–H and O–H groups in total. The van der Waals surface area contributed by atoms with Crippen molar-refractivity contribution in [2.24, 2.45) is 5.92 Å². The van der Waals surface area contributed by atoms with E-state index in [2.05, 4.69) is 12.2 Å². The Morgan fingerprint density at radius 3 is 2.35 bits per heavy atom. The molecule has 0 spiro atoms. The molecule has 0 bridgehead atoms. The number of hydrogen-bond donors (Lipinski definition) is 1. The van der Waals surface area contributed by atoms with Gasteiger partial charge in [-0.1, -0.05) is 6.92 Å². The molecule has 17 heavy (non-hydrogen) atoms. The third-order valence-electron chi connectivity index (χ3n) is 4.11. The number of sulfonamides is 1. The van der Waals surface area contributed by atoms with E-state index in [0.29, 0.717) is 12.5 Å². The summed E-state index contributed by atoms with van der Waals surface area (Å²) in [7, 11) is -3.06. The molecule has 0 aromatic heterocycles. The van der Waals surface area contributed by atoms with E-state index in [4.69, 9.17) is 0 Å². The van der Waals surface area contributed by atoms with Crippen molar-refractivity contribution in [2.75, 3.05) is 19.6 Å². The Morgan fingerprint density at radius 2 is 1.76 bits per heavy atom. The van der Waals surface area contributed by atoms with Gasteiger partial charge in [0, 0.05) is 12.6 Å². The zero-order valence-corrected chi connectivity index (χ0v) is 11.7. The van der Waals surface area contributed by atoms with Crippen LogP contribution in [-0.2, 0) is 10.0 Å². The fourth-order valence-electron chi connectivity index (χ4n) is 3.05. The van der Waals surface area contributed by atoms with Crippen molar-refractivity contribution >= 4 is 10.0 Å². The van der Waals surface area contributed by atoms with E-state index in [9.17, 15) is 8.42 Å². The van der Waals surface area contributed by atoms with Crippen molar-refractivity contribution in [1.29, 1.82) is 0 Å². The Balaban J connectivity index is 2.08. The van der Waals surface area contributed by atoms with E-state index in [1.54, 1.807) is 4.31 Å². The molecule has 0 aromatic rings. The second-order valence-electron chi connectivity index (χ2n) is 5.58. The molecule has 2 rings (SSSR count). The smallest absolute Gasteiger partial charge is 0.217 e. The molecule has 0 saturated carbocycles. The van der Waals surface area contributed by atoms with Crippen molar-refractivity contribution in [2.45, 2.75) is 50.8 Å². The van der Waals surface area contributed by atoms with Gasteiger partial charge in [0.15, 0.2) is 0 Å². The van der Waals surface area contributed by atoms with E-state index in [0.717, 1.165) is 38.8 Å². The third-order valence-corrected chi connectivity index (χ3v) is 6.62. The van der Waals surface area contributed by atoms with Gasteiger partial charge in [0.25, 0.3) is 0 Å². The summed E-state index contributed by atoms with van der Waals surface area (Å²) in [4.78, 5) is 0. The maximum Gasteiger partial charge on any atom is 0.217 e. The van der Waals surface area contributed by atoms with Gasteiger partial charge in [0.05, 0.1) is 5.25 Å². The summed E-state index contributed by atoms with van der Waals surface area (Å²) in [6.07, 6.45) is 3.54. The van der Waals surface area contributed by atoms with Crippen LogP contribution in [0.5, 0.6) is 0 Å². The fraction of sp³-hybridized carbons (Fsp3) is 1.00. The van der Waals surface area contributed by atoms with Gasteiger partial charge in [0.2, 0.25) is 10.0 Å². The van der Waals surface area contributed by atoms with Gasteiger partial charge in [-0.25, -0.2) is 8.42 Å². The zero-order valence-electron chi connectivity index (χ0n) is 10.9. The highest BCUT2D eigenvalue weighted by Crippen LogP contribution is 2.28. The number of piperidine rings is 2. The normalized spacial score (nSPS) is 33.8. The molecule has 2 unspecified atom stereocenters. The molecule has 0 radical (unpaired) electrons. The molecule has 2 heterocycles. The van der Waals surface area contributed by atoms with Crippen LogP contribution in [0, 0.1) is 5.92 Å². The van der Waals surface area contributed by atoms with Gasteiger partial charge < -0.3 is 5.32 Å². The van der Waals surface area contributed by atoms with E-state index in [1.165, 1.54) is 0 Å².